The molecule has 0 bridgehead atoms. The molecule has 2 unspecified atom stereocenters. The number of sulfonamides is 4. The van der Waals surface area contributed by atoms with Crippen molar-refractivity contribution in [3.63, 3.8) is 0 Å². The highest BCUT2D eigenvalue weighted by Crippen LogP contribution is 2.42. The lowest BCUT2D eigenvalue weighted by Crippen LogP contribution is -2.46. The van der Waals surface area contributed by atoms with Crippen LogP contribution in [0.3, 0.4) is 0 Å². The van der Waals surface area contributed by atoms with Gasteiger partial charge >= 0.3 is 41.7 Å². The van der Waals surface area contributed by atoms with Gasteiger partial charge in [0.1, 0.15) is 29.1 Å². The number of nitrogens with one attached hydrogen (secondary N) is 5. The van der Waals surface area contributed by atoms with Gasteiger partial charge < -0.3 is 29.1 Å². The van der Waals surface area contributed by atoms with E-state index in [0.29, 0.717) is 75.2 Å². The Balaban J connectivity index is 1.17. The van der Waals surface area contributed by atoms with Crippen LogP contribution in [0.25, 0.3) is 10.8 Å². The molecular formula is C59H67F7N5O16S6+. The van der Waals surface area contributed by atoms with Gasteiger partial charge in [0.05, 0.1) is 46.0 Å². The van der Waals surface area contributed by atoms with E-state index in [2.05, 4.69) is 16.0 Å². The summed E-state index contributed by atoms with van der Waals surface area (Å²) in [5.74, 6) is -19.0. The van der Waals surface area contributed by atoms with Gasteiger partial charge in [-0.15, -0.1) is 8.25 Å². The first-order chi connectivity index (χ1) is 42.7. The molecule has 0 radical (unpaired) electrons. The highest BCUT2D eigenvalue weighted by molar-refractivity contribution is 8.05. The molecule has 0 heterocycles. The van der Waals surface area contributed by atoms with Crippen LogP contribution >= 0.6 is 0 Å². The number of benzene rings is 6. The minimum atomic E-state index is -6.64. The second-order valence-electron chi connectivity index (χ2n) is 23.3. The number of hydrogen-bond donors (Lipinski definition) is 5. The van der Waals surface area contributed by atoms with Crippen molar-refractivity contribution in [2.75, 3.05) is 45.2 Å². The normalized spacial score (nSPS) is 15.7. The van der Waals surface area contributed by atoms with Gasteiger partial charge in [-0.1, -0.05) is 25.5 Å². The maximum atomic E-state index is 14.8. The summed E-state index contributed by atoms with van der Waals surface area (Å²) in [6, 6.07) is 30.8. The van der Waals surface area contributed by atoms with Crippen LogP contribution in [0.2, 0.25) is 0 Å². The van der Waals surface area contributed by atoms with Crippen LogP contribution in [0.1, 0.15) is 91.8 Å². The van der Waals surface area contributed by atoms with Crippen molar-refractivity contribution in [1.82, 2.24) is 8.25 Å². The van der Waals surface area contributed by atoms with Gasteiger partial charge in [0.25, 0.3) is 11.8 Å². The number of anilines is 5. The summed E-state index contributed by atoms with van der Waals surface area (Å²) in [5.41, 5.74) is -0.434. The van der Waals surface area contributed by atoms with Crippen LogP contribution < -0.4 is 32.6 Å². The van der Waals surface area contributed by atoms with Crippen molar-refractivity contribution < 1.29 is 99.1 Å². The number of halogens is 7. The quantitative estimate of drug-likeness (QED) is 0.0100. The summed E-state index contributed by atoms with van der Waals surface area (Å²) < 4.78 is 259. The lowest BCUT2D eigenvalue weighted by atomic mass is 9.82. The Kier molecular flexibility index (Phi) is 21.7. The highest BCUT2D eigenvalue weighted by Gasteiger charge is 2.51. The second kappa shape index (κ2) is 27.4. The molecule has 0 amide bonds. The van der Waals surface area contributed by atoms with Crippen LogP contribution in [0.4, 0.5) is 59.2 Å². The molecule has 93 heavy (non-hydrogen) atoms. The lowest BCUT2D eigenvalue weighted by Gasteiger charge is -2.35. The van der Waals surface area contributed by atoms with Gasteiger partial charge in [0.2, 0.25) is 30.1 Å². The number of alkyl halides is 7. The molecule has 5 N–H and O–H groups in total. The number of ether oxygens (including phenoxy) is 1. The van der Waals surface area contributed by atoms with E-state index in [4.69, 9.17) is 13.1 Å². The van der Waals surface area contributed by atoms with Gasteiger partial charge in [-0.05, 0) is 187 Å². The van der Waals surface area contributed by atoms with Crippen molar-refractivity contribution in [2.45, 2.75) is 110 Å². The third kappa shape index (κ3) is 19.8. The van der Waals surface area contributed by atoms with E-state index in [0.717, 1.165) is 63.5 Å². The van der Waals surface area contributed by atoms with Crippen LogP contribution in [0.15, 0.2) is 109 Å². The number of hydrogen-bond acceptors (Lipinski definition) is 19. The Morgan fingerprint density at radius 2 is 0.978 bits per heavy atom. The Labute approximate surface area is 536 Å². The van der Waals surface area contributed by atoms with E-state index in [-0.39, 0.29) is 28.0 Å². The topological polar surface area (TPSA) is 310 Å². The third-order valence-electron chi connectivity index (χ3n) is 14.7. The molecule has 21 nitrogen and oxygen atoms in total. The van der Waals surface area contributed by atoms with Gasteiger partial charge in [-0.2, -0.15) is 30.0 Å². The predicted octanol–water partition coefficient (Wildman–Crippen LogP) is 10.6. The van der Waals surface area contributed by atoms with Gasteiger partial charge in [-0.3, -0.25) is 4.79 Å². The maximum absolute atomic E-state index is 14.8. The fourth-order valence-corrected chi connectivity index (χ4v) is 18.0. The van der Waals surface area contributed by atoms with Crippen molar-refractivity contribution in [2.24, 2.45) is 5.41 Å². The average Bonchev–Trinajstić information content (AvgIpc) is 0.774. The first kappa shape index (κ1) is 73.5. The molecule has 0 spiro atoms. The SMILES string of the molecule is CCC(C)(C)C(=O)OC1CCCCC1Nc1ccc([C+](c2ccc(Nc3c(C)cc(OS(=O)(=O)CC(F)(F)CS(=O)(=O)NS(C)(=O)=O)cc3C)cc2)c2ccc(Nc3c(C)cc(OS(=O)(=O)CC(F)(F)CS(=O)(=O)NS(=O)(=O)C(F)(F)F)cc3C)cc2)c2ccccc12. The summed E-state index contributed by atoms with van der Waals surface area (Å²) in [5, 5.41) is 12.0. The van der Waals surface area contributed by atoms with Crippen molar-refractivity contribution in [3.8, 4) is 11.5 Å². The van der Waals surface area contributed by atoms with Crippen LogP contribution in [0, 0.1) is 39.0 Å². The summed E-state index contributed by atoms with van der Waals surface area (Å²) in [4.78, 5) is 13.3. The van der Waals surface area contributed by atoms with E-state index in [1.165, 1.54) is 26.0 Å². The standard InChI is InChI=1S/C59H67F7N5O16S6/c1-9-56(6,7)55(72)85-51-17-13-12-16-50(51)69-49-27-26-48(46-14-10-11-15-47(46)49)52(40-18-22-42(23-19-40)67-53-36(2)28-44(29-37(53)3)86-91(79,80)34-57(60,61)32-89(75,76)70-88(8,73)74)41-20-24-43(25-21-41)68-54-38(4)30-45(31-39(54)5)87-92(81,82)35-58(62,63)33-90(77,78)71-93(83,84)59(64,65)66/h10-11,14-15,18-31,50-51,67-71H,9,12-13,16-17,32-35H2,1-8H3/q+1. The van der Waals surface area contributed by atoms with E-state index >= 15 is 0 Å². The van der Waals surface area contributed by atoms with Crippen LogP contribution in [-0.2, 0) is 69.9 Å². The first-order valence-corrected chi connectivity index (χ1v) is 38.0. The second-order valence-corrected chi connectivity index (χ2v) is 33.8. The Bertz CT molecular complexity index is 4460. The lowest BCUT2D eigenvalue weighted by molar-refractivity contribution is -0.161. The molecule has 1 saturated carbocycles. The number of fused-ring (bicyclic) bond motifs is 1. The fraction of sp³-hybridized carbons (Fsp3) is 0.390. The molecule has 6 aromatic carbocycles. The number of carbonyl (C=O) groups is 1. The molecule has 1 fully saturated rings. The Morgan fingerprint density at radius 1 is 0.559 bits per heavy atom. The minimum absolute atomic E-state index is 0.120. The zero-order chi connectivity index (χ0) is 69.3. The van der Waals surface area contributed by atoms with Gasteiger partial charge in [-0.25, -0.2) is 51.2 Å². The first-order valence-electron chi connectivity index (χ1n) is 28.1. The molecule has 1 aliphatic rings. The number of carbonyl (C=O) groups excluding carboxylic acids is 1. The molecule has 6 aromatic rings. The fourth-order valence-electron chi connectivity index (χ4n) is 10.2. The maximum Gasteiger partial charge on any atom is 0.512 e. The third-order valence-corrected chi connectivity index (χ3v) is 23.5. The molecular weight excluding hydrogens is 1360 g/mol. The van der Waals surface area contributed by atoms with Gasteiger partial charge in [0, 0.05) is 33.5 Å². The number of esters is 1. The van der Waals surface area contributed by atoms with Crippen LogP contribution in [0.5, 0.6) is 11.5 Å². The minimum Gasteiger partial charge on any atom is -0.460 e. The molecule has 7 rings (SSSR count). The van der Waals surface area contributed by atoms with Crippen molar-refractivity contribution in [3.05, 3.63) is 154 Å². The predicted molar refractivity (Wildman–Crippen MR) is 338 cm³/mol. The monoisotopic (exact) mass is 1430 g/mol. The van der Waals surface area contributed by atoms with Crippen molar-refractivity contribution in [1.29, 1.82) is 0 Å². The summed E-state index contributed by atoms with van der Waals surface area (Å²) in [6.07, 6.45) is 3.87. The molecule has 34 heteroatoms. The van der Waals surface area contributed by atoms with Crippen LogP contribution in [-0.4, -0.2) is 115 Å². The summed E-state index contributed by atoms with van der Waals surface area (Å²) >= 11 is 0. The van der Waals surface area contributed by atoms with E-state index in [1.54, 1.807) is 38.1 Å². The Morgan fingerprint density at radius 3 is 1.40 bits per heavy atom. The zero-order valence-electron chi connectivity index (χ0n) is 51.0. The molecule has 0 aromatic heterocycles. The van der Waals surface area contributed by atoms with Crippen molar-refractivity contribution >= 4 is 106 Å². The molecule has 1 aliphatic carbocycles. The molecule has 2 atom stereocenters. The largest absolute Gasteiger partial charge is 0.512 e. The molecule has 0 aliphatic heterocycles. The van der Waals surface area contributed by atoms with E-state index in [1.807, 2.05) is 81.4 Å². The molecule has 508 valence electrons. The molecule has 0 saturated heterocycles. The highest BCUT2D eigenvalue weighted by atomic mass is 32.3. The summed E-state index contributed by atoms with van der Waals surface area (Å²) in [7, 11) is -32.8. The van der Waals surface area contributed by atoms with E-state index in [9.17, 15) is 86.0 Å². The number of aryl methyl sites for hydroxylation is 4. The van der Waals surface area contributed by atoms with Gasteiger partial charge in [0.15, 0.2) is 11.5 Å². The number of rotatable bonds is 28. The van der Waals surface area contributed by atoms with E-state index < -0.39 is 112 Å². The average molecular weight is 1430 g/mol. The summed E-state index contributed by atoms with van der Waals surface area (Å²) in [6.45, 7) is 11.9. The Hall–Kier alpha value is -6.95. The smallest absolute Gasteiger partial charge is 0.460 e. The zero-order valence-corrected chi connectivity index (χ0v) is 55.9.